The molecule has 3 nitrogen and oxygen atoms in total. The molecule has 0 fully saturated rings. The highest BCUT2D eigenvalue weighted by Crippen LogP contribution is 2.01. The van der Waals surface area contributed by atoms with E-state index < -0.39 is 0 Å². The normalized spacial score (nSPS) is 13.1. The van der Waals surface area contributed by atoms with Gasteiger partial charge >= 0.3 is 0 Å². The van der Waals surface area contributed by atoms with Crippen LogP contribution in [-0.4, -0.2) is 17.0 Å². The Morgan fingerprint density at radius 1 is 1.78 bits per heavy atom. The maximum atomic E-state index is 6.85. The fourth-order valence-electron chi connectivity index (χ4n) is 0.315. The molecule has 1 unspecified atom stereocenters. The second kappa shape index (κ2) is 4.64. The Morgan fingerprint density at radius 3 is 2.67 bits per heavy atom. The molecule has 0 amide bonds. The van der Waals surface area contributed by atoms with Crippen LogP contribution >= 0.6 is 11.8 Å². The zero-order valence-corrected chi connectivity index (χ0v) is 6.37. The smallest absolute Gasteiger partial charge is 0.151 e. The van der Waals surface area contributed by atoms with Crippen LogP contribution in [0.15, 0.2) is 0 Å². The van der Waals surface area contributed by atoms with Crippen LogP contribution < -0.4 is 11.5 Å². The van der Waals surface area contributed by atoms with Crippen molar-refractivity contribution < 1.29 is 0 Å². The van der Waals surface area contributed by atoms with Crippen molar-refractivity contribution in [2.75, 3.05) is 5.75 Å². The van der Waals surface area contributed by atoms with Crippen molar-refractivity contribution in [3.63, 3.8) is 0 Å². The first-order valence-corrected chi connectivity index (χ1v) is 3.87. The molecule has 0 rings (SSSR count). The van der Waals surface area contributed by atoms with E-state index in [9.17, 15) is 0 Å². The van der Waals surface area contributed by atoms with E-state index in [2.05, 4.69) is 0 Å². The summed E-state index contributed by atoms with van der Waals surface area (Å²) in [6.07, 6.45) is 0.945. The number of rotatable bonds is 3. The van der Waals surface area contributed by atoms with Crippen LogP contribution in [-0.2, 0) is 0 Å². The van der Waals surface area contributed by atoms with Crippen LogP contribution in [0.2, 0.25) is 0 Å². The third-order valence-corrected chi connectivity index (χ3v) is 1.88. The quantitative estimate of drug-likeness (QED) is 0.398. The number of amidine groups is 1. The molecule has 0 aliphatic carbocycles. The summed E-state index contributed by atoms with van der Waals surface area (Å²) in [7, 11) is 0. The van der Waals surface area contributed by atoms with Gasteiger partial charge in [0.25, 0.3) is 0 Å². The molecule has 4 heteroatoms. The van der Waals surface area contributed by atoms with Crippen molar-refractivity contribution >= 4 is 16.9 Å². The highest BCUT2D eigenvalue weighted by molar-refractivity contribution is 8.13. The van der Waals surface area contributed by atoms with Gasteiger partial charge in [-0.1, -0.05) is 18.7 Å². The molecule has 0 aromatic carbocycles. The number of nitrogens with one attached hydrogen (secondary N) is 1. The van der Waals surface area contributed by atoms with Crippen molar-refractivity contribution in [1.29, 1.82) is 5.41 Å². The first-order chi connectivity index (χ1) is 4.16. The van der Waals surface area contributed by atoms with Crippen LogP contribution in [0.1, 0.15) is 13.3 Å². The second-order valence-electron chi connectivity index (χ2n) is 1.84. The first-order valence-electron chi connectivity index (χ1n) is 2.89. The zero-order valence-electron chi connectivity index (χ0n) is 5.55. The van der Waals surface area contributed by atoms with Crippen molar-refractivity contribution in [3.8, 4) is 0 Å². The molecule has 0 aromatic heterocycles. The molecule has 1 atom stereocenters. The van der Waals surface area contributed by atoms with E-state index in [1.807, 2.05) is 6.92 Å². The van der Waals surface area contributed by atoms with Gasteiger partial charge in [0.15, 0.2) is 5.17 Å². The Labute approximate surface area is 59.7 Å². The molecular weight excluding hydrogens is 134 g/mol. The molecule has 0 radical (unpaired) electrons. The molecule has 0 aromatic rings. The Kier molecular flexibility index (Phi) is 4.53. The highest BCUT2D eigenvalue weighted by Gasteiger charge is 1.98. The molecule has 0 heterocycles. The van der Waals surface area contributed by atoms with Crippen LogP contribution in [0.25, 0.3) is 0 Å². The summed E-state index contributed by atoms with van der Waals surface area (Å²) in [6.45, 7) is 2.02. The van der Waals surface area contributed by atoms with Crippen molar-refractivity contribution in [1.82, 2.24) is 0 Å². The zero-order chi connectivity index (χ0) is 7.28. The molecule has 9 heavy (non-hydrogen) atoms. The van der Waals surface area contributed by atoms with Crippen molar-refractivity contribution in [2.24, 2.45) is 11.5 Å². The SMILES string of the molecule is CCC(N)CSC(=N)N. The Morgan fingerprint density at radius 2 is 2.33 bits per heavy atom. The molecule has 0 saturated carbocycles. The number of thioether (sulfide) groups is 1. The molecular formula is C5H13N3S. The van der Waals surface area contributed by atoms with Crippen molar-refractivity contribution in [3.05, 3.63) is 0 Å². The summed E-state index contributed by atoms with van der Waals surface area (Å²) < 4.78 is 0. The predicted octanol–water partition coefficient (Wildman–Crippen LogP) is 0.350. The molecule has 54 valence electrons. The van der Waals surface area contributed by atoms with E-state index in [1.165, 1.54) is 11.8 Å². The average Bonchev–Trinajstić information content (AvgIpc) is 1.83. The van der Waals surface area contributed by atoms with E-state index >= 15 is 0 Å². The van der Waals surface area contributed by atoms with Crippen LogP contribution in [0.4, 0.5) is 0 Å². The van der Waals surface area contributed by atoms with Gasteiger partial charge in [0.2, 0.25) is 0 Å². The average molecular weight is 147 g/mol. The van der Waals surface area contributed by atoms with Gasteiger partial charge in [0.05, 0.1) is 0 Å². The lowest BCUT2D eigenvalue weighted by Crippen LogP contribution is -2.23. The van der Waals surface area contributed by atoms with Crippen molar-refractivity contribution in [2.45, 2.75) is 19.4 Å². The molecule has 0 aliphatic rings. The summed E-state index contributed by atoms with van der Waals surface area (Å²) in [6, 6.07) is 0.180. The number of nitrogens with two attached hydrogens (primary N) is 2. The topological polar surface area (TPSA) is 75.9 Å². The number of hydrogen-bond donors (Lipinski definition) is 3. The number of hydrogen-bond acceptors (Lipinski definition) is 3. The standard InChI is InChI=1S/C5H13N3S/c1-2-4(6)3-9-5(7)8/h4H,2-3,6H2,1H3,(H3,7,8). The largest absolute Gasteiger partial charge is 0.379 e. The predicted molar refractivity (Wildman–Crippen MR) is 42.6 cm³/mol. The first kappa shape index (κ1) is 8.78. The molecule has 0 saturated heterocycles. The molecule has 0 aliphatic heterocycles. The lowest BCUT2D eigenvalue weighted by Gasteiger charge is -2.05. The minimum atomic E-state index is 0.152. The van der Waals surface area contributed by atoms with Gasteiger partial charge in [-0.3, -0.25) is 5.41 Å². The second-order valence-corrected chi connectivity index (χ2v) is 2.91. The third-order valence-electron chi connectivity index (χ3n) is 0.977. The third kappa shape index (κ3) is 5.65. The van der Waals surface area contributed by atoms with Gasteiger partial charge in [0.1, 0.15) is 0 Å². The molecule has 5 N–H and O–H groups in total. The van der Waals surface area contributed by atoms with E-state index in [0.29, 0.717) is 0 Å². The van der Waals surface area contributed by atoms with E-state index in [-0.39, 0.29) is 11.2 Å². The Bertz CT molecular complexity index is 94.2. The lowest BCUT2D eigenvalue weighted by atomic mass is 10.3. The summed E-state index contributed by atoms with van der Waals surface area (Å²) in [5, 5.41) is 7.00. The maximum Gasteiger partial charge on any atom is 0.151 e. The van der Waals surface area contributed by atoms with Gasteiger partial charge in [-0.25, -0.2) is 0 Å². The molecule has 0 spiro atoms. The van der Waals surface area contributed by atoms with Gasteiger partial charge in [-0.2, -0.15) is 0 Å². The van der Waals surface area contributed by atoms with E-state index in [1.54, 1.807) is 0 Å². The van der Waals surface area contributed by atoms with Crippen LogP contribution in [0.5, 0.6) is 0 Å². The lowest BCUT2D eigenvalue weighted by molar-refractivity contribution is 0.726. The minimum Gasteiger partial charge on any atom is -0.379 e. The fourth-order valence-corrected chi connectivity index (χ4v) is 0.944. The fraction of sp³-hybridized carbons (Fsp3) is 0.800. The van der Waals surface area contributed by atoms with E-state index in [4.69, 9.17) is 16.9 Å². The highest BCUT2D eigenvalue weighted by atomic mass is 32.2. The van der Waals surface area contributed by atoms with E-state index in [0.717, 1.165) is 12.2 Å². The van der Waals surface area contributed by atoms with Crippen LogP contribution in [0, 0.1) is 5.41 Å². The van der Waals surface area contributed by atoms with Gasteiger partial charge < -0.3 is 11.5 Å². The van der Waals surface area contributed by atoms with Crippen LogP contribution in [0.3, 0.4) is 0 Å². The summed E-state index contributed by atoms with van der Waals surface area (Å²) >= 11 is 1.30. The monoisotopic (exact) mass is 147 g/mol. The van der Waals surface area contributed by atoms with Gasteiger partial charge in [0, 0.05) is 11.8 Å². The summed E-state index contributed by atoms with van der Waals surface area (Å²) in [5.41, 5.74) is 10.6. The Balaban J connectivity index is 3.16. The summed E-state index contributed by atoms with van der Waals surface area (Å²) in [4.78, 5) is 0. The maximum absolute atomic E-state index is 6.85. The van der Waals surface area contributed by atoms with Gasteiger partial charge in [-0.15, -0.1) is 0 Å². The summed E-state index contributed by atoms with van der Waals surface area (Å²) in [5.74, 6) is 0.756. The molecule has 0 bridgehead atoms. The van der Waals surface area contributed by atoms with Gasteiger partial charge in [-0.05, 0) is 6.42 Å². The Hall–Kier alpha value is -0.220. The minimum absolute atomic E-state index is 0.152.